The van der Waals surface area contributed by atoms with Gasteiger partial charge in [-0.05, 0) is 31.1 Å². The standard InChI is InChI=1S/C14H29N3O3S/c1-13(2)17-6-3-4-14(21-12-16)20-11-10-19-9-8-18-7-5-15/h13-14,17H,3-11,15H2,1-2H3. The van der Waals surface area contributed by atoms with Crippen molar-refractivity contribution >= 4 is 11.8 Å². The first-order valence-corrected chi connectivity index (χ1v) is 8.34. The van der Waals surface area contributed by atoms with E-state index in [0.29, 0.717) is 45.6 Å². The average Bonchev–Trinajstić information content (AvgIpc) is 2.46. The SMILES string of the molecule is CC(C)NCCCC(OCCOCCOCCN)SC#N. The van der Waals surface area contributed by atoms with E-state index in [0.717, 1.165) is 19.4 Å². The molecule has 0 aromatic heterocycles. The maximum atomic E-state index is 8.76. The summed E-state index contributed by atoms with van der Waals surface area (Å²) in [6.07, 6.45) is 1.85. The minimum atomic E-state index is -0.0824. The zero-order valence-electron chi connectivity index (χ0n) is 13.2. The van der Waals surface area contributed by atoms with Gasteiger partial charge in [0.25, 0.3) is 0 Å². The van der Waals surface area contributed by atoms with E-state index in [-0.39, 0.29) is 5.44 Å². The molecule has 3 N–H and O–H groups in total. The Kier molecular flexibility index (Phi) is 15.7. The summed E-state index contributed by atoms with van der Waals surface area (Å²) in [6, 6.07) is 0.489. The van der Waals surface area contributed by atoms with Crippen molar-refractivity contribution in [2.24, 2.45) is 5.73 Å². The molecule has 6 nitrogen and oxygen atoms in total. The Morgan fingerprint density at radius 1 is 1.14 bits per heavy atom. The van der Waals surface area contributed by atoms with Gasteiger partial charge in [-0.25, -0.2) is 0 Å². The summed E-state index contributed by atoms with van der Waals surface area (Å²) in [5, 5.41) is 14.2. The Morgan fingerprint density at radius 2 is 1.81 bits per heavy atom. The van der Waals surface area contributed by atoms with Crippen molar-refractivity contribution in [1.29, 1.82) is 5.26 Å². The highest BCUT2D eigenvalue weighted by Gasteiger charge is 2.09. The first-order valence-electron chi connectivity index (χ1n) is 7.46. The third-order valence-corrected chi connectivity index (χ3v) is 3.26. The molecule has 0 amide bonds. The van der Waals surface area contributed by atoms with Crippen LogP contribution in [0.5, 0.6) is 0 Å². The number of nitrogens with two attached hydrogens (primary N) is 1. The van der Waals surface area contributed by atoms with Gasteiger partial charge in [-0.15, -0.1) is 0 Å². The molecule has 0 saturated carbocycles. The van der Waals surface area contributed by atoms with Crippen molar-refractivity contribution < 1.29 is 14.2 Å². The average molecular weight is 319 g/mol. The molecule has 1 unspecified atom stereocenters. The molecular formula is C14H29N3O3S. The summed E-state index contributed by atoms with van der Waals surface area (Å²) in [7, 11) is 0. The summed E-state index contributed by atoms with van der Waals surface area (Å²) >= 11 is 1.17. The zero-order valence-corrected chi connectivity index (χ0v) is 14.0. The van der Waals surface area contributed by atoms with Crippen LogP contribution in [0.25, 0.3) is 0 Å². The number of thioether (sulfide) groups is 1. The van der Waals surface area contributed by atoms with Crippen molar-refractivity contribution in [3.05, 3.63) is 0 Å². The predicted molar refractivity (Wildman–Crippen MR) is 86.0 cm³/mol. The van der Waals surface area contributed by atoms with Gasteiger partial charge in [0.05, 0.1) is 33.0 Å². The molecule has 0 radical (unpaired) electrons. The molecule has 0 heterocycles. The number of hydrogen-bond donors (Lipinski definition) is 2. The summed E-state index contributed by atoms with van der Waals surface area (Å²) in [5.41, 5.74) is 5.22. The number of nitrogens with zero attached hydrogens (tertiary/aromatic N) is 1. The molecule has 0 rings (SSSR count). The normalized spacial score (nSPS) is 12.5. The molecular weight excluding hydrogens is 290 g/mol. The van der Waals surface area contributed by atoms with Crippen LogP contribution in [-0.2, 0) is 14.2 Å². The Hall–Kier alpha value is -0.360. The van der Waals surface area contributed by atoms with Crippen LogP contribution in [0.3, 0.4) is 0 Å². The fraction of sp³-hybridized carbons (Fsp3) is 0.929. The molecule has 0 aromatic rings. The monoisotopic (exact) mass is 319 g/mol. The van der Waals surface area contributed by atoms with Crippen molar-refractivity contribution in [1.82, 2.24) is 5.32 Å². The van der Waals surface area contributed by atoms with Gasteiger partial charge in [0, 0.05) is 12.6 Å². The van der Waals surface area contributed by atoms with Crippen LogP contribution in [-0.4, -0.2) is 57.6 Å². The number of nitriles is 1. The Morgan fingerprint density at radius 3 is 2.43 bits per heavy atom. The van der Waals surface area contributed by atoms with Gasteiger partial charge in [0.1, 0.15) is 10.8 Å². The maximum absolute atomic E-state index is 8.76. The molecule has 0 aliphatic rings. The lowest BCUT2D eigenvalue weighted by atomic mass is 10.3. The number of ether oxygens (including phenoxy) is 3. The highest BCUT2D eigenvalue weighted by atomic mass is 32.2. The van der Waals surface area contributed by atoms with Crippen LogP contribution in [0.2, 0.25) is 0 Å². The summed E-state index contributed by atoms with van der Waals surface area (Å²) in [4.78, 5) is 0. The van der Waals surface area contributed by atoms with Crippen molar-refractivity contribution in [2.75, 3.05) is 46.1 Å². The van der Waals surface area contributed by atoms with Crippen LogP contribution in [0.1, 0.15) is 26.7 Å². The van der Waals surface area contributed by atoms with E-state index >= 15 is 0 Å². The van der Waals surface area contributed by atoms with Gasteiger partial charge in [0.2, 0.25) is 0 Å². The fourth-order valence-corrected chi connectivity index (χ4v) is 2.10. The Bertz CT molecular complexity index is 262. The third kappa shape index (κ3) is 15.8. The molecule has 0 spiro atoms. The van der Waals surface area contributed by atoms with E-state index in [1.165, 1.54) is 11.8 Å². The molecule has 0 aliphatic carbocycles. The molecule has 0 aliphatic heterocycles. The van der Waals surface area contributed by atoms with Gasteiger partial charge < -0.3 is 25.3 Å². The molecule has 1 atom stereocenters. The first kappa shape index (κ1) is 20.6. The van der Waals surface area contributed by atoms with E-state index in [1.54, 1.807) is 0 Å². The van der Waals surface area contributed by atoms with E-state index in [2.05, 4.69) is 24.6 Å². The Balaban J connectivity index is 3.49. The van der Waals surface area contributed by atoms with Gasteiger partial charge in [-0.3, -0.25) is 0 Å². The molecule has 124 valence electrons. The fourth-order valence-electron chi connectivity index (χ4n) is 1.54. The molecule has 21 heavy (non-hydrogen) atoms. The van der Waals surface area contributed by atoms with Crippen LogP contribution < -0.4 is 11.1 Å². The number of thiocyanates is 1. The van der Waals surface area contributed by atoms with Gasteiger partial charge in [-0.2, -0.15) is 5.26 Å². The van der Waals surface area contributed by atoms with Crippen LogP contribution in [0, 0.1) is 10.7 Å². The minimum Gasteiger partial charge on any atom is -0.378 e. The van der Waals surface area contributed by atoms with Gasteiger partial charge in [0.15, 0.2) is 0 Å². The molecule has 0 aromatic carbocycles. The van der Waals surface area contributed by atoms with Crippen LogP contribution in [0.4, 0.5) is 0 Å². The summed E-state index contributed by atoms with van der Waals surface area (Å²) in [6.45, 7) is 8.36. The zero-order chi connectivity index (χ0) is 15.8. The van der Waals surface area contributed by atoms with Crippen molar-refractivity contribution in [3.8, 4) is 5.40 Å². The second-order valence-electron chi connectivity index (χ2n) is 4.77. The van der Waals surface area contributed by atoms with Crippen molar-refractivity contribution in [2.45, 2.75) is 38.2 Å². The predicted octanol–water partition coefficient (Wildman–Crippen LogP) is 1.31. The number of nitrogens with one attached hydrogen (secondary N) is 1. The quantitative estimate of drug-likeness (QED) is 0.267. The van der Waals surface area contributed by atoms with E-state index in [4.69, 9.17) is 25.2 Å². The molecule has 0 bridgehead atoms. The first-order chi connectivity index (χ1) is 10.2. The third-order valence-electron chi connectivity index (χ3n) is 2.52. The lowest BCUT2D eigenvalue weighted by Crippen LogP contribution is -2.24. The van der Waals surface area contributed by atoms with E-state index < -0.39 is 0 Å². The highest BCUT2D eigenvalue weighted by Crippen LogP contribution is 2.16. The minimum absolute atomic E-state index is 0.0824. The largest absolute Gasteiger partial charge is 0.378 e. The topological polar surface area (TPSA) is 89.5 Å². The van der Waals surface area contributed by atoms with E-state index in [1.807, 2.05) is 0 Å². The lowest BCUT2D eigenvalue weighted by molar-refractivity contribution is 0.00892. The van der Waals surface area contributed by atoms with Gasteiger partial charge >= 0.3 is 0 Å². The second-order valence-corrected chi connectivity index (χ2v) is 5.72. The van der Waals surface area contributed by atoms with E-state index in [9.17, 15) is 0 Å². The van der Waals surface area contributed by atoms with Crippen LogP contribution >= 0.6 is 11.8 Å². The molecule has 0 saturated heterocycles. The molecule has 0 fully saturated rings. The number of hydrogen-bond acceptors (Lipinski definition) is 7. The highest BCUT2D eigenvalue weighted by molar-refractivity contribution is 8.04. The smallest absolute Gasteiger partial charge is 0.136 e. The second kappa shape index (κ2) is 16.0. The Labute approximate surface area is 132 Å². The van der Waals surface area contributed by atoms with Crippen molar-refractivity contribution in [3.63, 3.8) is 0 Å². The summed E-state index contributed by atoms with van der Waals surface area (Å²) in [5.74, 6) is 0. The summed E-state index contributed by atoms with van der Waals surface area (Å²) < 4.78 is 16.2. The van der Waals surface area contributed by atoms with Crippen LogP contribution in [0.15, 0.2) is 0 Å². The molecule has 7 heteroatoms. The number of rotatable bonds is 15. The lowest BCUT2D eigenvalue weighted by Gasteiger charge is -2.15. The van der Waals surface area contributed by atoms with Gasteiger partial charge in [-0.1, -0.05) is 13.8 Å². The maximum Gasteiger partial charge on any atom is 0.136 e.